The molecule has 0 aliphatic carbocycles. The highest BCUT2D eigenvalue weighted by atomic mass is 79.9. The van der Waals surface area contributed by atoms with Crippen LogP contribution < -0.4 is 15.8 Å². The first kappa shape index (κ1) is 13.4. The highest BCUT2D eigenvalue weighted by Gasteiger charge is 2.09. The second kappa shape index (κ2) is 5.75. The van der Waals surface area contributed by atoms with Crippen molar-refractivity contribution in [2.24, 2.45) is 0 Å². The number of amides is 1. The minimum atomic E-state index is -0.217. The van der Waals surface area contributed by atoms with Crippen molar-refractivity contribution in [2.75, 3.05) is 18.2 Å². The van der Waals surface area contributed by atoms with Crippen molar-refractivity contribution in [1.29, 1.82) is 0 Å². The summed E-state index contributed by atoms with van der Waals surface area (Å²) in [4.78, 5) is 12.1. The third-order valence-electron chi connectivity index (χ3n) is 2.57. The maximum atomic E-state index is 12.1. The molecule has 0 radical (unpaired) electrons. The van der Waals surface area contributed by atoms with Gasteiger partial charge >= 0.3 is 0 Å². The van der Waals surface area contributed by atoms with Gasteiger partial charge in [-0.3, -0.25) is 4.79 Å². The largest absolute Gasteiger partial charge is 0.497 e. The second-order valence-electron chi connectivity index (χ2n) is 3.93. The van der Waals surface area contributed by atoms with Crippen LogP contribution in [0.5, 0.6) is 5.75 Å². The molecule has 0 bridgehead atoms. The van der Waals surface area contributed by atoms with Crippen molar-refractivity contribution in [3.8, 4) is 5.75 Å². The Hall–Kier alpha value is -2.01. The Morgan fingerprint density at radius 2 is 2.05 bits per heavy atom. The van der Waals surface area contributed by atoms with Crippen LogP contribution in [0.4, 0.5) is 11.4 Å². The molecule has 2 rings (SSSR count). The average Bonchev–Trinajstić information content (AvgIpc) is 2.43. The fourth-order valence-corrected chi connectivity index (χ4v) is 1.94. The van der Waals surface area contributed by atoms with Gasteiger partial charge in [0.25, 0.3) is 5.91 Å². The van der Waals surface area contributed by atoms with Crippen LogP contribution in [0, 0.1) is 0 Å². The number of ether oxygens (including phenoxy) is 1. The Morgan fingerprint density at radius 1 is 1.26 bits per heavy atom. The molecule has 0 unspecified atom stereocenters. The Labute approximate surface area is 119 Å². The topological polar surface area (TPSA) is 64.3 Å². The van der Waals surface area contributed by atoms with Crippen LogP contribution >= 0.6 is 15.9 Å². The van der Waals surface area contributed by atoms with Crippen LogP contribution in [0.3, 0.4) is 0 Å². The van der Waals surface area contributed by atoms with Crippen LogP contribution in [0.1, 0.15) is 10.4 Å². The maximum absolute atomic E-state index is 12.1. The lowest BCUT2D eigenvalue weighted by Gasteiger charge is -2.09. The first-order chi connectivity index (χ1) is 9.10. The molecule has 0 spiro atoms. The number of carbonyl (C=O) groups excluding carboxylic acids is 1. The van der Waals surface area contributed by atoms with Gasteiger partial charge in [0.1, 0.15) is 5.75 Å². The van der Waals surface area contributed by atoms with E-state index in [0.717, 1.165) is 4.47 Å². The number of halogens is 1. The van der Waals surface area contributed by atoms with E-state index in [1.807, 2.05) is 0 Å². The van der Waals surface area contributed by atoms with E-state index in [9.17, 15) is 4.79 Å². The van der Waals surface area contributed by atoms with Crippen LogP contribution in [0.2, 0.25) is 0 Å². The molecule has 0 aliphatic heterocycles. The van der Waals surface area contributed by atoms with Gasteiger partial charge in [0.2, 0.25) is 0 Å². The molecule has 2 aromatic rings. The number of anilines is 2. The summed E-state index contributed by atoms with van der Waals surface area (Å²) in [5.41, 5.74) is 7.44. The van der Waals surface area contributed by atoms with Crippen LogP contribution in [-0.4, -0.2) is 13.0 Å². The molecule has 1 amide bonds. The lowest BCUT2D eigenvalue weighted by molar-refractivity contribution is 0.102. The smallest absolute Gasteiger partial charge is 0.255 e. The first-order valence-electron chi connectivity index (χ1n) is 5.60. The number of hydrogen-bond donors (Lipinski definition) is 2. The summed E-state index contributed by atoms with van der Waals surface area (Å²) in [6.45, 7) is 0. The van der Waals surface area contributed by atoms with Crippen LogP contribution in [0.15, 0.2) is 46.9 Å². The molecule has 0 heterocycles. The Bertz CT molecular complexity index is 614. The van der Waals surface area contributed by atoms with Crippen molar-refractivity contribution in [2.45, 2.75) is 0 Å². The van der Waals surface area contributed by atoms with E-state index in [4.69, 9.17) is 10.5 Å². The minimum Gasteiger partial charge on any atom is -0.497 e. The summed E-state index contributed by atoms with van der Waals surface area (Å²) in [6.07, 6.45) is 0. The zero-order chi connectivity index (χ0) is 13.8. The van der Waals surface area contributed by atoms with Gasteiger partial charge in [0, 0.05) is 15.7 Å². The summed E-state index contributed by atoms with van der Waals surface area (Å²) in [5, 5.41) is 2.80. The zero-order valence-electron chi connectivity index (χ0n) is 10.3. The van der Waals surface area contributed by atoms with Crippen molar-refractivity contribution in [3.05, 3.63) is 52.5 Å². The van der Waals surface area contributed by atoms with Crippen molar-refractivity contribution >= 4 is 33.2 Å². The highest BCUT2D eigenvalue weighted by Crippen LogP contribution is 2.25. The third kappa shape index (κ3) is 3.26. The Kier molecular flexibility index (Phi) is 4.06. The molecular formula is C14H13BrN2O2. The quantitative estimate of drug-likeness (QED) is 0.853. The van der Waals surface area contributed by atoms with E-state index in [0.29, 0.717) is 22.7 Å². The molecule has 0 aromatic heterocycles. The SMILES string of the molecule is COc1cccc(C(=O)Nc2cc(N)ccc2Br)c1. The van der Waals surface area contributed by atoms with Gasteiger partial charge < -0.3 is 15.8 Å². The average molecular weight is 321 g/mol. The molecule has 4 nitrogen and oxygen atoms in total. The number of carbonyl (C=O) groups is 1. The number of methoxy groups -OCH3 is 1. The van der Waals surface area contributed by atoms with Gasteiger partial charge in [0.15, 0.2) is 0 Å². The van der Waals surface area contributed by atoms with E-state index >= 15 is 0 Å². The number of nitrogens with one attached hydrogen (secondary N) is 1. The normalized spacial score (nSPS) is 10.0. The van der Waals surface area contributed by atoms with Crippen molar-refractivity contribution < 1.29 is 9.53 Å². The Morgan fingerprint density at radius 3 is 2.79 bits per heavy atom. The van der Waals surface area contributed by atoms with E-state index in [-0.39, 0.29) is 5.91 Å². The van der Waals surface area contributed by atoms with Gasteiger partial charge in [-0.1, -0.05) is 6.07 Å². The molecule has 0 saturated heterocycles. The van der Waals surface area contributed by atoms with Gasteiger partial charge in [-0.05, 0) is 52.3 Å². The van der Waals surface area contributed by atoms with E-state index in [1.165, 1.54) is 0 Å². The predicted molar refractivity (Wildman–Crippen MR) is 79.5 cm³/mol. The van der Waals surface area contributed by atoms with E-state index in [2.05, 4.69) is 21.2 Å². The van der Waals surface area contributed by atoms with Gasteiger partial charge in [0.05, 0.1) is 12.8 Å². The lowest BCUT2D eigenvalue weighted by Crippen LogP contribution is -2.12. The predicted octanol–water partition coefficient (Wildman–Crippen LogP) is 3.29. The third-order valence-corrected chi connectivity index (χ3v) is 3.26. The molecule has 0 fully saturated rings. The van der Waals surface area contributed by atoms with E-state index < -0.39 is 0 Å². The number of nitrogen functional groups attached to an aromatic ring is 1. The van der Waals surface area contributed by atoms with E-state index in [1.54, 1.807) is 49.6 Å². The molecule has 3 N–H and O–H groups in total. The molecule has 5 heteroatoms. The maximum Gasteiger partial charge on any atom is 0.255 e. The first-order valence-corrected chi connectivity index (χ1v) is 6.40. The number of rotatable bonds is 3. The Balaban J connectivity index is 2.22. The molecule has 19 heavy (non-hydrogen) atoms. The van der Waals surface area contributed by atoms with Gasteiger partial charge in [-0.2, -0.15) is 0 Å². The summed E-state index contributed by atoms with van der Waals surface area (Å²) in [7, 11) is 1.56. The summed E-state index contributed by atoms with van der Waals surface area (Å²) >= 11 is 3.36. The molecule has 0 saturated carbocycles. The number of benzene rings is 2. The second-order valence-corrected chi connectivity index (χ2v) is 4.78. The standard InChI is InChI=1S/C14H13BrN2O2/c1-19-11-4-2-3-9(7-11)14(18)17-13-8-10(16)5-6-12(13)15/h2-8H,16H2,1H3,(H,17,18). The molecular weight excluding hydrogens is 308 g/mol. The number of hydrogen-bond acceptors (Lipinski definition) is 3. The lowest BCUT2D eigenvalue weighted by atomic mass is 10.2. The monoisotopic (exact) mass is 320 g/mol. The summed E-state index contributed by atoms with van der Waals surface area (Å²) < 4.78 is 5.86. The summed E-state index contributed by atoms with van der Waals surface area (Å²) in [6, 6.07) is 12.2. The minimum absolute atomic E-state index is 0.217. The summed E-state index contributed by atoms with van der Waals surface area (Å²) in [5.74, 6) is 0.421. The molecule has 0 atom stereocenters. The zero-order valence-corrected chi connectivity index (χ0v) is 11.9. The van der Waals surface area contributed by atoms with Crippen molar-refractivity contribution in [1.82, 2.24) is 0 Å². The fourth-order valence-electron chi connectivity index (χ4n) is 1.60. The van der Waals surface area contributed by atoms with Gasteiger partial charge in [-0.25, -0.2) is 0 Å². The highest BCUT2D eigenvalue weighted by molar-refractivity contribution is 9.10. The fraction of sp³-hybridized carbons (Fsp3) is 0.0714. The molecule has 98 valence electrons. The van der Waals surface area contributed by atoms with Crippen molar-refractivity contribution in [3.63, 3.8) is 0 Å². The molecule has 2 aromatic carbocycles. The van der Waals surface area contributed by atoms with Gasteiger partial charge in [-0.15, -0.1) is 0 Å². The number of nitrogens with two attached hydrogens (primary N) is 1. The van der Waals surface area contributed by atoms with Crippen LogP contribution in [0.25, 0.3) is 0 Å². The molecule has 0 aliphatic rings. The van der Waals surface area contributed by atoms with Crippen LogP contribution in [-0.2, 0) is 0 Å².